The number of hydrogen-bond donors (Lipinski definition) is 1. The summed E-state index contributed by atoms with van der Waals surface area (Å²) in [7, 11) is 0. The highest BCUT2D eigenvalue weighted by atomic mass is 35.5. The fourth-order valence-corrected chi connectivity index (χ4v) is 2.56. The topological polar surface area (TPSA) is 35.6 Å². The highest BCUT2D eigenvalue weighted by Gasteiger charge is 2.21. The molecule has 1 aliphatic rings. The molecule has 0 aliphatic carbocycles. The Morgan fingerprint density at radius 2 is 1.79 bits per heavy atom. The molecule has 0 atom stereocenters. The van der Waals surface area contributed by atoms with E-state index < -0.39 is 0 Å². The van der Waals surface area contributed by atoms with Gasteiger partial charge in [-0.25, -0.2) is 4.79 Å². The molecule has 6 heteroatoms. The van der Waals surface area contributed by atoms with Crippen LogP contribution in [0.25, 0.3) is 0 Å². The van der Waals surface area contributed by atoms with Crippen LogP contribution in [0.5, 0.6) is 0 Å². The number of para-hydroxylation sites is 1. The first-order valence-corrected chi connectivity index (χ1v) is 7.09. The lowest BCUT2D eigenvalue weighted by Gasteiger charge is -2.34. The number of benzene rings is 1. The lowest BCUT2D eigenvalue weighted by molar-refractivity contribution is 0.151. The van der Waals surface area contributed by atoms with Crippen molar-refractivity contribution in [3.8, 4) is 0 Å². The minimum Gasteiger partial charge on any atom is -0.322 e. The molecule has 2 amide bonds. The van der Waals surface area contributed by atoms with E-state index in [1.54, 1.807) is 23.1 Å². The summed E-state index contributed by atoms with van der Waals surface area (Å²) in [6.07, 6.45) is 0. The van der Waals surface area contributed by atoms with Gasteiger partial charge in [-0.2, -0.15) is 0 Å². The molecule has 1 aliphatic heterocycles. The van der Waals surface area contributed by atoms with Crippen molar-refractivity contribution < 1.29 is 4.79 Å². The standard InChI is InChI=1S/C13H17Cl2N3O/c1-2-17-6-8-18(9-7-17)13(19)16-12-10(14)4-3-5-11(12)15/h3-5H,2,6-9H2,1H3,(H,16,19). The predicted octanol–water partition coefficient (Wildman–Crippen LogP) is 3.16. The van der Waals surface area contributed by atoms with Gasteiger partial charge in [-0.15, -0.1) is 0 Å². The van der Waals surface area contributed by atoms with Gasteiger partial charge in [-0.3, -0.25) is 0 Å². The second-order valence-corrected chi connectivity index (χ2v) is 5.26. The van der Waals surface area contributed by atoms with Crippen LogP contribution in [0.2, 0.25) is 10.0 Å². The summed E-state index contributed by atoms with van der Waals surface area (Å²) in [6.45, 7) is 6.40. The van der Waals surface area contributed by atoms with E-state index in [0.717, 1.165) is 32.7 Å². The number of anilines is 1. The van der Waals surface area contributed by atoms with E-state index in [1.165, 1.54) is 0 Å². The lowest BCUT2D eigenvalue weighted by atomic mass is 10.3. The number of likely N-dealkylation sites (N-methyl/N-ethyl adjacent to an activating group) is 1. The van der Waals surface area contributed by atoms with E-state index in [4.69, 9.17) is 23.2 Å². The third kappa shape index (κ3) is 3.53. The number of amides is 2. The molecule has 1 N–H and O–H groups in total. The first kappa shape index (κ1) is 14.4. The van der Waals surface area contributed by atoms with Crippen LogP contribution in [0.3, 0.4) is 0 Å². The van der Waals surface area contributed by atoms with Gasteiger partial charge in [0.25, 0.3) is 0 Å². The average molecular weight is 302 g/mol. The van der Waals surface area contributed by atoms with Crippen LogP contribution in [0.15, 0.2) is 18.2 Å². The normalized spacial score (nSPS) is 16.5. The third-order valence-corrected chi connectivity index (χ3v) is 3.93. The number of urea groups is 1. The van der Waals surface area contributed by atoms with Crippen LogP contribution >= 0.6 is 23.2 Å². The zero-order valence-corrected chi connectivity index (χ0v) is 12.3. The maximum atomic E-state index is 12.1. The molecular weight excluding hydrogens is 285 g/mol. The van der Waals surface area contributed by atoms with Gasteiger partial charge in [-0.05, 0) is 18.7 Å². The maximum Gasteiger partial charge on any atom is 0.322 e. The molecule has 4 nitrogen and oxygen atoms in total. The number of halogens is 2. The number of carbonyl (C=O) groups is 1. The molecular formula is C13H17Cl2N3O. The Bertz CT molecular complexity index is 439. The van der Waals surface area contributed by atoms with Crippen LogP contribution in [-0.2, 0) is 0 Å². The molecule has 0 aromatic heterocycles. The largest absolute Gasteiger partial charge is 0.322 e. The molecule has 0 saturated carbocycles. The second kappa shape index (κ2) is 6.46. The van der Waals surface area contributed by atoms with Crippen molar-refractivity contribution in [1.82, 2.24) is 9.80 Å². The molecule has 0 unspecified atom stereocenters. The monoisotopic (exact) mass is 301 g/mol. The zero-order chi connectivity index (χ0) is 13.8. The first-order chi connectivity index (χ1) is 9.11. The molecule has 0 spiro atoms. The Morgan fingerprint density at radius 1 is 1.21 bits per heavy atom. The first-order valence-electron chi connectivity index (χ1n) is 6.34. The number of carbonyl (C=O) groups excluding carboxylic acids is 1. The minimum atomic E-state index is -0.147. The molecule has 1 aromatic carbocycles. The molecule has 1 saturated heterocycles. The fraction of sp³-hybridized carbons (Fsp3) is 0.462. The predicted molar refractivity (Wildman–Crippen MR) is 79.2 cm³/mol. The van der Waals surface area contributed by atoms with Crippen molar-refractivity contribution in [3.63, 3.8) is 0 Å². The number of nitrogens with zero attached hydrogens (tertiary/aromatic N) is 2. The van der Waals surface area contributed by atoms with Crippen LogP contribution in [0.1, 0.15) is 6.92 Å². The van der Waals surface area contributed by atoms with Gasteiger partial charge in [0.05, 0.1) is 15.7 Å². The summed E-state index contributed by atoms with van der Waals surface area (Å²) >= 11 is 12.1. The van der Waals surface area contributed by atoms with Gasteiger partial charge in [0, 0.05) is 26.2 Å². The zero-order valence-electron chi connectivity index (χ0n) is 10.8. The van der Waals surface area contributed by atoms with E-state index in [2.05, 4.69) is 17.1 Å². The second-order valence-electron chi connectivity index (χ2n) is 4.45. The molecule has 104 valence electrons. The average Bonchev–Trinajstić information content (AvgIpc) is 2.43. The van der Waals surface area contributed by atoms with Gasteiger partial charge in [0.15, 0.2) is 0 Å². The van der Waals surface area contributed by atoms with Gasteiger partial charge in [-0.1, -0.05) is 36.2 Å². The summed E-state index contributed by atoms with van der Waals surface area (Å²) in [5.41, 5.74) is 0.480. The van der Waals surface area contributed by atoms with Crippen LogP contribution in [0, 0.1) is 0 Å². The summed E-state index contributed by atoms with van der Waals surface area (Å²) in [6, 6.07) is 5.02. The Hall–Kier alpha value is -0.970. The van der Waals surface area contributed by atoms with Gasteiger partial charge >= 0.3 is 6.03 Å². The van der Waals surface area contributed by atoms with Crippen molar-refractivity contribution in [1.29, 1.82) is 0 Å². The van der Waals surface area contributed by atoms with E-state index >= 15 is 0 Å². The Morgan fingerprint density at radius 3 is 2.32 bits per heavy atom. The molecule has 1 aromatic rings. The van der Waals surface area contributed by atoms with Crippen molar-refractivity contribution in [2.45, 2.75) is 6.92 Å². The number of nitrogens with one attached hydrogen (secondary N) is 1. The van der Waals surface area contributed by atoms with E-state index in [9.17, 15) is 4.79 Å². The third-order valence-electron chi connectivity index (χ3n) is 3.30. The van der Waals surface area contributed by atoms with E-state index in [0.29, 0.717) is 15.7 Å². The SMILES string of the molecule is CCN1CCN(C(=O)Nc2c(Cl)cccc2Cl)CC1. The van der Waals surface area contributed by atoms with Crippen molar-refractivity contribution >= 4 is 34.9 Å². The quantitative estimate of drug-likeness (QED) is 0.911. The Labute approximate surface area is 123 Å². The maximum absolute atomic E-state index is 12.1. The Kier molecular flexibility index (Phi) is 4.91. The van der Waals surface area contributed by atoms with Crippen LogP contribution in [0.4, 0.5) is 10.5 Å². The number of piperazine rings is 1. The molecule has 19 heavy (non-hydrogen) atoms. The smallest absolute Gasteiger partial charge is 0.322 e. The number of rotatable bonds is 2. The summed E-state index contributed by atoms with van der Waals surface area (Å²) < 4.78 is 0. The lowest BCUT2D eigenvalue weighted by Crippen LogP contribution is -2.49. The van der Waals surface area contributed by atoms with Gasteiger partial charge in [0.2, 0.25) is 0 Å². The molecule has 2 rings (SSSR count). The minimum absolute atomic E-state index is 0.147. The van der Waals surface area contributed by atoms with Crippen LogP contribution in [-0.4, -0.2) is 48.6 Å². The van der Waals surface area contributed by atoms with Crippen molar-refractivity contribution in [2.75, 3.05) is 38.0 Å². The van der Waals surface area contributed by atoms with E-state index in [1.807, 2.05) is 0 Å². The highest BCUT2D eigenvalue weighted by molar-refractivity contribution is 6.39. The molecule has 0 bridgehead atoms. The highest BCUT2D eigenvalue weighted by Crippen LogP contribution is 2.30. The summed E-state index contributed by atoms with van der Waals surface area (Å²) in [5, 5.41) is 3.69. The molecule has 0 radical (unpaired) electrons. The van der Waals surface area contributed by atoms with Crippen molar-refractivity contribution in [2.24, 2.45) is 0 Å². The number of hydrogen-bond acceptors (Lipinski definition) is 2. The Balaban J connectivity index is 1.98. The van der Waals surface area contributed by atoms with Gasteiger partial charge < -0.3 is 15.1 Å². The van der Waals surface area contributed by atoms with Crippen LogP contribution < -0.4 is 5.32 Å². The molecule has 1 fully saturated rings. The van der Waals surface area contributed by atoms with Crippen molar-refractivity contribution in [3.05, 3.63) is 28.2 Å². The van der Waals surface area contributed by atoms with E-state index in [-0.39, 0.29) is 6.03 Å². The summed E-state index contributed by atoms with van der Waals surface area (Å²) in [4.78, 5) is 16.2. The summed E-state index contributed by atoms with van der Waals surface area (Å²) in [5.74, 6) is 0. The molecule has 1 heterocycles. The van der Waals surface area contributed by atoms with Gasteiger partial charge in [0.1, 0.15) is 0 Å². The fourth-order valence-electron chi connectivity index (χ4n) is 2.07.